The van der Waals surface area contributed by atoms with Gasteiger partial charge in [0.05, 0.1) is 16.6 Å². The van der Waals surface area contributed by atoms with E-state index in [-0.39, 0.29) is 84.2 Å². The SMILES string of the molecule is C=C(Br)[C@@H](O[Si](C)(C)C(C)(C)C)[C@@H](C)C[C@@H](C)C(=O)[C@H](OC(=O)c1ccc([N+](=O)[O-])cc1)[C@@H]1C[C@H]2O[C@@]3(CC[C@]4(CC=C[C@@H](CCC[Se]c5ccccc5[N+](=O)[O-])O4)O3)[C@H](C)C[C@H]2O1. The Kier molecular flexibility index (Phi) is 16.0. The van der Waals surface area contributed by atoms with Crippen LogP contribution in [0.1, 0.15) is 103 Å². The van der Waals surface area contributed by atoms with Gasteiger partial charge in [0.2, 0.25) is 0 Å². The number of halogens is 1. The van der Waals surface area contributed by atoms with E-state index in [1.165, 1.54) is 24.3 Å². The number of carbonyl (C=O) groups is 2. The number of non-ortho nitro benzene ring substituents is 1. The summed E-state index contributed by atoms with van der Waals surface area (Å²) in [5.74, 6) is -3.67. The molecule has 3 fully saturated rings. The standard InChI is InChI=1S/C47H63BrN2O12SeSi/c1-29(26-30(2)42(32(4)48)61-64(8,9)45(5,6)7)41(51)43(58-44(52)33-18-20-34(21-19-33)49(53)54)39-28-38-37(57-39)27-31(3)47(60-38)24-23-46(62-47)22-12-14-35(59-46)15-13-25-63-40-17-11-10-16-36(40)50(55)56/h10-12,14,16-21,29-31,35,37-39,42-43H,4,13,15,22-28H2,1-3,5-9H3/t29-,30+,31-,35+,37-,38-,39+,42+,43-,46+,47-/m1/s1. The fourth-order valence-corrected chi connectivity index (χ4v) is 13.2. The molecule has 0 N–H and O–H groups in total. The fourth-order valence-electron chi connectivity index (χ4n) is 9.01. The number of carbonyl (C=O) groups excluding carboxylic acids is 2. The molecule has 0 saturated carbocycles. The molecule has 0 unspecified atom stereocenters. The van der Waals surface area contributed by atoms with E-state index >= 15 is 0 Å². The Balaban J connectivity index is 1.13. The second-order valence-electron chi connectivity index (χ2n) is 19.5. The van der Waals surface area contributed by atoms with E-state index in [1.807, 2.05) is 26.0 Å². The van der Waals surface area contributed by atoms with Crippen LogP contribution in [0.4, 0.5) is 11.4 Å². The van der Waals surface area contributed by atoms with E-state index in [0.717, 1.165) is 22.6 Å². The number of nitro groups is 2. The van der Waals surface area contributed by atoms with Gasteiger partial charge in [0, 0.05) is 22.5 Å². The number of Topliss-reactive ketones (excluding diaryl/α,β-unsaturated/α-hetero) is 1. The van der Waals surface area contributed by atoms with Crippen LogP contribution in [-0.4, -0.2) is 93.1 Å². The van der Waals surface area contributed by atoms with Gasteiger partial charge in [-0.15, -0.1) is 0 Å². The number of ketones is 1. The summed E-state index contributed by atoms with van der Waals surface area (Å²) in [6, 6.07) is 12.0. The van der Waals surface area contributed by atoms with Crippen LogP contribution in [0, 0.1) is 38.0 Å². The molecule has 2 aromatic carbocycles. The Hall–Kier alpha value is -3.12. The van der Waals surface area contributed by atoms with Crippen molar-refractivity contribution in [3.05, 3.63) is 97.5 Å². The van der Waals surface area contributed by atoms with Crippen molar-refractivity contribution in [2.45, 2.75) is 165 Å². The van der Waals surface area contributed by atoms with Crippen LogP contribution in [0.5, 0.6) is 0 Å². The van der Waals surface area contributed by atoms with E-state index in [1.54, 1.807) is 12.1 Å². The maximum absolute atomic E-state index is 14.6. The van der Waals surface area contributed by atoms with Crippen LogP contribution in [0.2, 0.25) is 23.5 Å². The maximum atomic E-state index is 14.6. The molecule has 0 amide bonds. The summed E-state index contributed by atoms with van der Waals surface area (Å²) in [6.07, 6.45) is 5.44. The average Bonchev–Trinajstić information content (AvgIpc) is 3.80. The zero-order valence-corrected chi connectivity index (χ0v) is 42.4. The molecule has 0 radical (unpaired) electrons. The van der Waals surface area contributed by atoms with Crippen molar-refractivity contribution >= 4 is 66.8 Å². The van der Waals surface area contributed by atoms with Crippen LogP contribution < -0.4 is 4.46 Å². The minimum atomic E-state index is -2.22. The summed E-state index contributed by atoms with van der Waals surface area (Å²) >= 11 is 3.56. The number of para-hydroxylation sites is 1. The van der Waals surface area contributed by atoms with Crippen LogP contribution in [-0.2, 0) is 32.9 Å². The van der Waals surface area contributed by atoms with Gasteiger partial charge in [-0.3, -0.25) is 14.9 Å². The van der Waals surface area contributed by atoms with Gasteiger partial charge in [-0.1, -0.05) is 57.1 Å². The number of nitrogens with zero attached hydrogens (tertiary/aromatic N) is 2. The molecule has 3 saturated heterocycles. The molecule has 11 atom stereocenters. The summed E-state index contributed by atoms with van der Waals surface area (Å²) in [4.78, 5) is 50.3. The Labute approximate surface area is 392 Å². The summed E-state index contributed by atoms with van der Waals surface area (Å²) < 4.78 is 41.5. The monoisotopic (exact) mass is 1030 g/mol. The molecule has 0 bridgehead atoms. The number of nitro benzene ring substituents is 2. The van der Waals surface area contributed by atoms with Crippen LogP contribution in [0.15, 0.2) is 71.7 Å². The average molecular weight is 1030 g/mol. The molecule has 2 aromatic rings. The normalized spacial score (nSPS) is 28.6. The minimum absolute atomic E-state index is 0.0362. The predicted octanol–water partition coefficient (Wildman–Crippen LogP) is 9.92. The third-order valence-corrected chi connectivity index (χ3v) is 21.0. The quantitative estimate of drug-likeness (QED) is 0.0346. The Morgan fingerprint density at radius 1 is 1.02 bits per heavy atom. The molecule has 4 aliphatic rings. The first-order valence-corrected chi connectivity index (χ1v) is 28.1. The Bertz CT molecular complexity index is 2080. The second kappa shape index (κ2) is 20.4. The third-order valence-electron chi connectivity index (χ3n) is 13.7. The van der Waals surface area contributed by atoms with Gasteiger partial charge >= 0.3 is 201 Å². The van der Waals surface area contributed by atoms with Gasteiger partial charge in [-0.25, -0.2) is 4.79 Å². The number of rotatable bonds is 18. The fraction of sp³-hybridized carbons (Fsp3) is 0.617. The first-order chi connectivity index (χ1) is 30.0. The number of fused-ring (bicyclic) bond motifs is 1. The molecular weight excluding hydrogens is 971 g/mol. The summed E-state index contributed by atoms with van der Waals surface area (Å²) in [5, 5.41) is 23.6. The molecule has 0 aliphatic carbocycles. The van der Waals surface area contributed by atoms with E-state index in [4.69, 9.17) is 28.1 Å². The third kappa shape index (κ3) is 11.5. The number of esters is 1. The topological polar surface area (TPSA) is 176 Å². The predicted molar refractivity (Wildman–Crippen MR) is 249 cm³/mol. The van der Waals surface area contributed by atoms with Gasteiger partial charge in [-0.05, 0) is 42.6 Å². The zero-order chi connectivity index (χ0) is 46.8. The van der Waals surface area contributed by atoms with Gasteiger partial charge in [0.15, 0.2) is 20.2 Å². The van der Waals surface area contributed by atoms with E-state index in [9.17, 15) is 29.8 Å². The van der Waals surface area contributed by atoms with E-state index in [0.29, 0.717) is 36.6 Å². The summed E-state index contributed by atoms with van der Waals surface area (Å²) in [6.45, 7) is 21.0. The van der Waals surface area contributed by atoms with Crippen molar-refractivity contribution < 1.29 is 47.5 Å². The summed E-state index contributed by atoms with van der Waals surface area (Å²) in [5.41, 5.74) is 0.0765. The molecular formula is C47H63BrN2O12SeSi. The first-order valence-electron chi connectivity index (χ1n) is 22.3. The molecule has 4 aliphatic heterocycles. The van der Waals surface area contributed by atoms with Crippen LogP contribution >= 0.6 is 15.9 Å². The van der Waals surface area contributed by atoms with Crippen molar-refractivity contribution in [3.8, 4) is 0 Å². The molecule has 350 valence electrons. The van der Waals surface area contributed by atoms with Crippen molar-refractivity contribution in [3.63, 3.8) is 0 Å². The van der Waals surface area contributed by atoms with E-state index in [2.05, 4.69) is 75.4 Å². The van der Waals surface area contributed by atoms with Gasteiger partial charge in [0.25, 0.3) is 5.69 Å². The molecule has 2 spiro atoms. The van der Waals surface area contributed by atoms with E-state index < -0.39 is 55.0 Å². The molecule has 6 rings (SSSR count). The number of hydrogen-bond donors (Lipinski definition) is 0. The molecule has 4 heterocycles. The molecule has 17 heteroatoms. The number of benzene rings is 2. The Morgan fingerprint density at radius 2 is 1.72 bits per heavy atom. The van der Waals surface area contributed by atoms with Crippen molar-refractivity contribution in [1.82, 2.24) is 0 Å². The van der Waals surface area contributed by atoms with Crippen LogP contribution in [0.25, 0.3) is 0 Å². The first kappa shape index (κ1) is 50.3. The molecule has 14 nitrogen and oxygen atoms in total. The Morgan fingerprint density at radius 3 is 2.38 bits per heavy atom. The van der Waals surface area contributed by atoms with Crippen LogP contribution in [0.3, 0.4) is 0 Å². The van der Waals surface area contributed by atoms with Crippen molar-refractivity contribution in [2.24, 2.45) is 17.8 Å². The number of ether oxygens (including phenoxy) is 5. The van der Waals surface area contributed by atoms with Gasteiger partial charge in [-0.2, -0.15) is 0 Å². The zero-order valence-electron chi connectivity index (χ0n) is 38.1. The summed E-state index contributed by atoms with van der Waals surface area (Å²) in [7, 11) is -2.22. The molecule has 0 aromatic heterocycles. The second-order valence-corrected chi connectivity index (χ2v) is 27.6. The van der Waals surface area contributed by atoms with Crippen molar-refractivity contribution in [2.75, 3.05) is 0 Å². The molecule has 64 heavy (non-hydrogen) atoms. The van der Waals surface area contributed by atoms with Gasteiger partial charge < -0.3 is 9.16 Å². The van der Waals surface area contributed by atoms with Gasteiger partial charge in [0.1, 0.15) is 0 Å². The van der Waals surface area contributed by atoms with Crippen molar-refractivity contribution in [1.29, 1.82) is 0 Å². The number of hydrogen-bond acceptors (Lipinski definition) is 12.